The fraction of sp³-hybridized carbons (Fsp3) is 0.538. The number of hydrogen-bond donors (Lipinski definition) is 2. The van der Waals surface area contributed by atoms with Crippen LogP contribution in [0.3, 0.4) is 0 Å². The fourth-order valence-corrected chi connectivity index (χ4v) is 1.58. The van der Waals surface area contributed by atoms with Gasteiger partial charge in [-0.25, -0.2) is 0 Å². The number of benzene rings is 1. The average molecular weight is 223 g/mol. The molecule has 2 N–H and O–H groups in total. The van der Waals surface area contributed by atoms with Gasteiger partial charge in [0, 0.05) is 19.2 Å². The van der Waals surface area contributed by atoms with E-state index in [1.54, 1.807) is 0 Å². The molecular formula is C13H21NO2. The summed E-state index contributed by atoms with van der Waals surface area (Å²) >= 11 is 0. The molecule has 0 aliphatic carbocycles. The van der Waals surface area contributed by atoms with Crippen molar-refractivity contribution in [1.82, 2.24) is 5.32 Å². The minimum absolute atomic E-state index is 0.114. The van der Waals surface area contributed by atoms with Crippen LogP contribution in [0.5, 0.6) is 0 Å². The first-order valence-electron chi connectivity index (χ1n) is 5.82. The molecule has 0 aromatic heterocycles. The summed E-state index contributed by atoms with van der Waals surface area (Å²) in [5.41, 5.74) is 1.24. The molecule has 1 rings (SSSR count). The summed E-state index contributed by atoms with van der Waals surface area (Å²) in [7, 11) is 0. The Kier molecular flexibility index (Phi) is 6.81. The lowest BCUT2D eigenvalue weighted by molar-refractivity contribution is 0.142. The third-order valence-electron chi connectivity index (χ3n) is 2.43. The molecule has 1 aromatic carbocycles. The maximum atomic E-state index is 9.24. The highest BCUT2D eigenvalue weighted by atomic mass is 16.5. The van der Waals surface area contributed by atoms with E-state index in [0.717, 1.165) is 19.6 Å². The van der Waals surface area contributed by atoms with Gasteiger partial charge < -0.3 is 15.2 Å². The highest BCUT2D eigenvalue weighted by Crippen LogP contribution is 2.02. The molecule has 0 saturated heterocycles. The highest BCUT2D eigenvalue weighted by molar-refractivity contribution is 5.15. The Morgan fingerprint density at radius 2 is 2.06 bits per heavy atom. The molecular weight excluding hydrogens is 202 g/mol. The third kappa shape index (κ3) is 5.26. The molecule has 0 saturated carbocycles. The van der Waals surface area contributed by atoms with E-state index < -0.39 is 0 Å². The standard InChI is InChI=1S/C13H21NO2/c1-2-16-9-8-14-13(11-15)10-12-6-4-3-5-7-12/h3-7,13-15H,2,8-11H2,1H3. The van der Waals surface area contributed by atoms with Crippen LogP contribution in [0.2, 0.25) is 0 Å². The number of ether oxygens (including phenoxy) is 1. The van der Waals surface area contributed by atoms with Crippen molar-refractivity contribution in [3.05, 3.63) is 35.9 Å². The first-order chi connectivity index (χ1) is 7.86. The van der Waals surface area contributed by atoms with E-state index in [9.17, 15) is 5.11 Å². The van der Waals surface area contributed by atoms with Crippen LogP contribution < -0.4 is 5.32 Å². The molecule has 16 heavy (non-hydrogen) atoms. The van der Waals surface area contributed by atoms with Crippen LogP contribution in [-0.4, -0.2) is 37.5 Å². The van der Waals surface area contributed by atoms with Gasteiger partial charge >= 0.3 is 0 Å². The monoisotopic (exact) mass is 223 g/mol. The molecule has 0 heterocycles. The summed E-state index contributed by atoms with van der Waals surface area (Å²) in [6.07, 6.45) is 0.851. The highest BCUT2D eigenvalue weighted by Gasteiger charge is 2.06. The van der Waals surface area contributed by atoms with Gasteiger partial charge in [-0.2, -0.15) is 0 Å². The van der Waals surface area contributed by atoms with Gasteiger partial charge in [0.2, 0.25) is 0 Å². The zero-order valence-electron chi connectivity index (χ0n) is 9.86. The van der Waals surface area contributed by atoms with Gasteiger partial charge in [0.05, 0.1) is 13.2 Å². The smallest absolute Gasteiger partial charge is 0.0590 e. The van der Waals surface area contributed by atoms with Gasteiger partial charge in [-0.1, -0.05) is 30.3 Å². The van der Waals surface area contributed by atoms with Crippen molar-refractivity contribution in [1.29, 1.82) is 0 Å². The second-order valence-corrected chi connectivity index (χ2v) is 3.72. The number of rotatable bonds is 8. The molecule has 0 fully saturated rings. The lowest BCUT2D eigenvalue weighted by Crippen LogP contribution is -2.36. The molecule has 0 radical (unpaired) electrons. The Hall–Kier alpha value is -0.900. The predicted octanol–water partition coefficient (Wildman–Crippen LogP) is 1.22. The largest absolute Gasteiger partial charge is 0.395 e. The van der Waals surface area contributed by atoms with Gasteiger partial charge in [0.15, 0.2) is 0 Å². The average Bonchev–Trinajstić information content (AvgIpc) is 2.34. The molecule has 90 valence electrons. The minimum Gasteiger partial charge on any atom is -0.395 e. The number of hydrogen-bond acceptors (Lipinski definition) is 3. The third-order valence-corrected chi connectivity index (χ3v) is 2.43. The van der Waals surface area contributed by atoms with Crippen molar-refractivity contribution < 1.29 is 9.84 Å². The van der Waals surface area contributed by atoms with E-state index in [2.05, 4.69) is 17.4 Å². The second-order valence-electron chi connectivity index (χ2n) is 3.72. The topological polar surface area (TPSA) is 41.5 Å². The van der Waals surface area contributed by atoms with Crippen LogP contribution in [0, 0.1) is 0 Å². The molecule has 0 bridgehead atoms. The number of aliphatic hydroxyl groups excluding tert-OH is 1. The van der Waals surface area contributed by atoms with Gasteiger partial charge in [-0.05, 0) is 18.9 Å². The summed E-state index contributed by atoms with van der Waals surface area (Å²) in [6.45, 7) is 4.35. The summed E-state index contributed by atoms with van der Waals surface area (Å²) in [6, 6.07) is 10.3. The molecule has 0 aliphatic rings. The Bertz CT molecular complexity index is 264. The Morgan fingerprint density at radius 1 is 1.31 bits per heavy atom. The zero-order chi connectivity index (χ0) is 11.6. The van der Waals surface area contributed by atoms with Crippen LogP contribution in [0.4, 0.5) is 0 Å². The van der Waals surface area contributed by atoms with Crippen molar-refractivity contribution in [3.8, 4) is 0 Å². The van der Waals surface area contributed by atoms with Gasteiger partial charge in [0.25, 0.3) is 0 Å². The van der Waals surface area contributed by atoms with Crippen molar-refractivity contribution in [2.45, 2.75) is 19.4 Å². The minimum atomic E-state index is 0.114. The SMILES string of the molecule is CCOCCNC(CO)Cc1ccccc1. The van der Waals surface area contributed by atoms with E-state index >= 15 is 0 Å². The van der Waals surface area contributed by atoms with Crippen LogP contribution >= 0.6 is 0 Å². The molecule has 3 heteroatoms. The van der Waals surface area contributed by atoms with Gasteiger partial charge in [-0.15, -0.1) is 0 Å². The zero-order valence-corrected chi connectivity index (χ0v) is 9.86. The molecule has 0 amide bonds. The predicted molar refractivity (Wildman–Crippen MR) is 65.5 cm³/mol. The Morgan fingerprint density at radius 3 is 2.69 bits per heavy atom. The Labute approximate surface area is 97.4 Å². The lowest BCUT2D eigenvalue weighted by atomic mass is 10.1. The van der Waals surface area contributed by atoms with Crippen molar-refractivity contribution in [2.75, 3.05) is 26.4 Å². The van der Waals surface area contributed by atoms with E-state index in [1.807, 2.05) is 25.1 Å². The summed E-state index contributed by atoms with van der Waals surface area (Å²) in [5.74, 6) is 0. The normalized spacial score (nSPS) is 12.6. The summed E-state index contributed by atoms with van der Waals surface area (Å²) < 4.78 is 5.23. The second kappa shape index (κ2) is 8.28. The first kappa shape index (κ1) is 13.2. The van der Waals surface area contributed by atoms with Crippen LogP contribution in [0.15, 0.2) is 30.3 Å². The van der Waals surface area contributed by atoms with Crippen LogP contribution in [-0.2, 0) is 11.2 Å². The quantitative estimate of drug-likeness (QED) is 0.651. The number of aliphatic hydroxyl groups is 1. The Balaban J connectivity index is 2.26. The van der Waals surface area contributed by atoms with Crippen molar-refractivity contribution >= 4 is 0 Å². The molecule has 0 aliphatic heterocycles. The van der Waals surface area contributed by atoms with E-state index in [0.29, 0.717) is 6.61 Å². The maximum absolute atomic E-state index is 9.24. The fourth-order valence-electron chi connectivity index (χ4n) is 1.58. The van der Waals surface area contributed by atoms with Crippen molar-refractivity contribution in [2.24, 2.45) is 0 Å². The summed E-state index contributed by atoms with van der Waals surface area (Å²) in [5, 5.41) is 12.5. The van der Waals surface area contributed by atoms with Gasteiger partial charge in [0.1, 0.15) is 0 Å². The molecule has 3 nitrogen and oxygen atoms in total. The van der Waals surface area contributed by atoms with E-state index in [1.165, 1.54) is 5.56 Å². The van der Waals surface area contributed by atoms with Crippen LogP contribution in [0.1, 0.15) is 12.5 Å². The molecule has 1 unspecified atom stereocenters. The van der Waals surface area contributed by atoms with E-state index in [-0.39, 0.29) is 12.6 Å². The molecule has 1 atom stereocenters. The van der Waals surface area contributed by atoms with E-state index in [4.69, 9.17) is 4.74 Å². The molecule has 0 spiro atoms. The number of nitrogens with one attached hydrogen (secondary N) is 1. The lowest BCUT2D eigenvalue weighted by Gasteiger charge is -2.16. The van der Waals surface area contributed by atoms with Crippen LogP contribution in [0.25, 0.3) is 0 Å². The first-order valence-corrected chi connectivity index (χ1v) is 5.82. The molecule has 1 aromatic rings. The van der Waals surface area contributed by atoms with Gasteiger partial charge in [-0.3, -0.25) is 0 Å². The van der Waals surface area contributed by atoms with Crippen molar-refractivity contribution in [3.63, 3.8) is 0 Å². The maximum Gasteiger partial charge on any atom is 0.0590 e. The summed E-state index contributed by atoms with van der Waals surface area (Å²) in [4.78, 5) is 0.